The Hall–Kier alpha value is -1.88. The van der Waals surface area contributed by atoms with Crippen molar-refractivity contribution >= 4 is 0 Å². The van der Waals surface area contributed by atoms with E-state index in [0.717, 1.165) is 24.5 Å². The van der Waals surface area contributed by atoms with Crippen LogP contribution in [0.1, 0.15) is 18.3 Å². The van der Waals surface area contributed by atoms with Gasteiger partial charge in [-0.2, -0.15) is 0 Å². The highest BCUT2D eigenvalue weighted by Crippen LogP contribution is 2.17. The number of nitrogens with zero attached hydrogens (tertiary/aromatic N) is 2. The predicted molar refractivity (Wildman–Crippen MR) is 80.8 cm³/mol. The van der Waals surface area contributed by atoms with Gasteiger partial charge in [-0.3, -0.25) is 0 Å². The Morgan fingerprint density at radius 1 is 1.43 bits per heavy atom. The summed E-state index contributed by atoms with van der Waals surface area (Å²) in [7, 11) is 1.47. The van der Waals surface area contributed by atoms with Crippen molar-refractivity contribution in [1.29, 1.82) is 0 Å². The van der Waals surface area contributed by atoms with Gasteiger partial charge >= 0.3 is 0 Å². The van der Waals surface area contributed by atoms with Crippen LogP contribution in [-0.4, -0.2) is 23.2 Å². The van der Waals surface area contributed by atoms with Gasteiger partial charge in [-0.25, -0.2) is 9.37 Å². The van der Waals surface area contributed by atoms with Gasteiger partial charge in [-0.1, -0.05) is 13.0 Å². The molecule has 0 amide bonds. The average Bonchev–Trinajstić information content (AvgIpc) is 2.84. The first-order valence-corrected chi connectivity index (χ1v) is 7.11. The molecule has 1 aromatic carbocycles. The molecule has 1 unspecified atom stereocenters. The molecular formula is C16H22FN3O. The largest absolute Gasteiger partial charge is 0.494 e. The average molecular weight is 291 g/mol. The Morgan fingerprint density at radius 3 is 2.86 bits per heavy atom. The molecule has 0 spiro atoms. The molecule has 2 aromatic rings. The molecule has 114 valence electrons. The minimum atomic E-state index is -0.320. The van der Waals surface area contributed by atoms with Gasteiger partial charge in [0.15, 0.2) is 11.6 Å². The SMILES string of the molecule is COc1ccc(CNCC(C)Cn2ccnc2C)cc1F. The van der Waals surface area contributed by atoms with Gasteiger partial charge in [0.05, 0.1) is 7.11 Å². The van der Waals surface area contributed by atoms with Crippen LogP contribution >= 0.6 is 0 Å². The van der Waals surface area contributed by atoms with Crippen LogP contribution in [0.4, 0.5) is 4.39 Å². The fourth-order valence-electron chi connectivity index (χ4n) is 2.28. The van der Waals surface area contributed by atoms with E-state index < -0.39 is 0 Å². The molecule has 0 saturated heterocycles. The summed E-state index contributed by atoms with van der Waals surface area (Å²) in [5.41, 5.74) is 0.916. The lowest BCUT2D eigenvalue weighted by molar-refractivity contribution is 0.385. The van der Waals surface area contributed by atoms with E-state index in [1.54, 1.807) is 6.07 Å². The number of benzene rings is 1. The quantitative estimate of drug-likeness (QED) is 0.852. The van der Waals surface area contributed by atoms with Crippen molar-refractivity contribution in [1.82, 2.24) is 14.9 Å². The third-order valence-electron chi connectivity index (χ3n) is 3.47. The number of hydrogen-bond acceptors (Lipinski definition) is 3. The van der Waals surface area contributed by atoms with Crippen LogP contribution in [0, 0.1) is 18.7 Å². The molecule has 4 nitrogen and oxygen atoms in total. The van der Waals surface area contributed by atoms with Crippen molar-refractivity contribution in [3.63, 3.8) is 0 Å². The van der Waals surface area contributed by atoms with Gasteiger partial charge in [0.2, 0.25) is 0 Å². The molecule has 1 atom stereocenters. The summed E-state index contributed by atoms with van der Waals surface area (Å²) < 4.78 is 20.6. The Kier molecular flexibility index (Phi) is 5.33. The molecule has 0 aliphatic carbocycles. The number of imidazole rings is 1. The van der Waals surface area contributed by atoms with E-state index in [-0.39, 0.29) is 11.6 Å². The number of ether oxygens (including phenoxy) is 1. The van der Waals surface area contributed by atoms with Crippen molar-refractivity contribution in [2.24, 2.45) is 5.92 Å². The van der Waals surface area contributed by atoms with E-state index in [4.69, 9.17) is 4.74 Å². The maximum Gasteiger partial charge on any atom is 0.165 e. The van der Waals surface area contributed by atoms with Crippen LogP contribution < -0.4 is 10.1 Å². The van der Waals surface area contributed by atoms with E-state index in [1.165, 1.54) is 13.2 Å². The number of aryl methyl sites for hydroxylation is 1. The van der Waals surface area contributed by atoms with Gasteiger partial charge in [-0.15, -0.1) is 0 Å². The summed E-state index contributed by atoms with van der Waals surface area (Å²) in [5, 5.41) is 3.36. The second-order valence-electron chi connectivity index (χ2n) is 5.33. The molecule has 0 aliphatic heterocycles. The fraction of sp³-hybridized carbons (Fsp3) is 0.438. The molecule has 2 rings (SSSR count). The molecule has 0 bridgehead atoms. The van der Waals surface area contributed by atoms with Crippen LogP contribution in [0.15, 0.2) is 30.6 Å². The molecular weight excluding hydrogens is 269 g/mol. The van der Waals surface area contributed by atoms with E-state index in [1.807, 2.05) is 25.4 Å². The van der Waals surface area contributed by atoms with Crippen molar-refractivity contribution in [2.75, 3.05) is 13.7 Å². The summed E-state index contributed by atoms with van der Waals surface area (Å²) in [4.78, 5) is 4.21. The highest BCUT2D eigenvalue weighted by Gasteiger charge is 2.06. The van der Waals surface area contributed by atoms with Crippen molar-refractivity contribution in [3.8, 4) is 5.75 Å². The third-order valence-corrected chi connectivity index (χ3v) is 3.47. The highest BCUT2D eigenvalue weighted by atomic mass is 19.1. The lowest BCUT2D eigenvalue weighted by Gasteiger charge is -2.14. The molecule has 0 fully saturated rings. The highest BCUT2D eigenvalue weighted by molar-refractivity contribution is 5.29. The van der Waals surface area contributed by atoms with Gasteiger partial charge in [-0.05, 0) is 37.1 Å². The van der Waals surface area contributed by atoms with Crippen LogP contribution in [0.2, 0.25) is 0 Å². The Labute approximate surface area is 125 Å². The molecule has 0 radical (unpaired) electrons. The van der Waals surface area contributed by atoms with Gasteiger partial charge in [0.25, 0.3) is 0 Å². The van der Waals surface area contributed by atoms with Gasteiger partial charge < -0.3 is 14.6 Å². The number of hydrogen-bond donors (Lipinski definition) is 1. The minimum absolute atomic E-state index is 0.280. The molecule has 1 N–H and O–H groups in total. The first-order valence-electron chi connectivity index (χ1n) is 7.11. The van der Waals surface area contributed by atoms with E-state index in [0.29, 0.717) is 12.5 Å². The molecule has 1 aromatic heterocycles. The Balaban J connectivity index is 1.78. The first-order chi connectivity index (χ1) is 10.1. The van der Waals surface area contributed by atoms with Gasteiger partial charge in [0.1, 0.15) is 5.82 Å². The summed E-state index contributed by atoms with van der Waals surface area (Å²) >= 11 is 0. The topological polar surface area (TPSA) is 39.1 Å². The van der Waals surface area contributed by atoms with Crippen molar-refractivity contribution < 1.29 is 9.13 Å². The lowest BCUT2D eigenvalue weighted by Crippen LogP contribution is -2.24. The number of rotatable bonds is 7. The van der Waals surface area contributed by atoms with Crippen LogP contribution in [0.3, 0.4) is 0 Å². The summed E-state index contributed by atoms with van der Waals surface area (Å²) in [6, 6.07) is 5.04. The predicted octanol–water partition coefficient (Wildman–Crippen LogP) is 2.77. The van der Waals surface area contributed by atoms with Crippen molar-refractivity contribution in [2.45, 2.75) is 26.9 Å². The molecule has 1 heterocycles. The second-order valence-corrected chi connectivity index (χ2v) is 5.33. The zero-order chi connectivity index (χ0) is 15.2. The molecule has 0 saturated carbocycles. The number of nitrogens with one attached hydrogen (secondary N) is 1. The number of halogens is 1. The zero-order valence-electron chi connectivity index (χ0n) is 12.8. The Morgan fingerprint density at radius 2 is 2.24 bits per heavy atom. The minimum Gasteiger partial charge on any atom is -0.494 e. The fourth-order valence-corrected chi connectivity index (χ4v) is 2.28. The van der Waals surface area contributed by atoms with Gasteiger partial charge in [0, 0.05) is 25.5 Å². The first kappa shape index (κ1) is 15.5. The maximum absolute atomic E-state index is 13.6. The van der Waals surface area contributed by atoms with Crippen LogP contribution in [0.5, 0.6) is 5.75 Å². The van der Waals surface area contributed by atoms with E-state index in [9.17, 15) is 4.39 Å². The van der Waals surface area contributed by atoms with E-state index in [2.05, 4.69) is 21.8 Å². The number of methoxy groups -OCH3 is 1. The lowest BCUT2D eigenvalue weighted by atomic mass is 10.1. The normalized spacial score (nSPS) is 12.4. The maximum atomic E-state index is 13.6. The number of aromatic nitrogens is 2. The third kappa shape index (κ3) is 4.29. The zero-order valence-corrected chi connectivity index (χ0v) is 12.8. The summed E-state index contributed by atoms with van der Waals surface area (Å²) in [6.45, 7) is 6.62. The summed E-state index contributed by atoms with van der Waals surface area (Å²) in [5.74, 6) is 1.46. The molecule has 5 heteroatoms. The van der Waals surface area contributed by atoms with Crippen molar-refractivity contribution in [3.05, 3.63) is 47.8 Å². The Bertz CT molecular complexity index is 583. The second kappa shape index (κ2) is 7.22. The van der Waals surface area contributed by atoms with Crippen LogP contribution in [0.25, 0.3) is 0 Å². The molecule has 0 aliphatic rings. The smallest absolute Gasteiger partial charge is 0.165 e. The summed E-state index contributed by atoms with van der Waals surface area (Å²) in [6.07, 6.45) is 3.81. The monoisotopic (exact) mass is 291 g/mol. The standard InChI is InChI=1S/C16H22FN3O/c1-12(11-20-7-6-19-13(20)2)9-18-10-14-4-5-16(21-3)15(17)8-14/h4-8,12,18H,9-11H2,1-3H3. The van der Waals surface area contributed by atoms with E-state index >= 15 is 0 Å². The van der Waals surface area contributed by atoms with Crippen LogP contribution in [-0.2, 0) is 13.1 Å². The molecule has 21 heavy (non-hydrogen) atoms.